The molecule has 0 radical (unpaired) electrons. The lowest BCUT2D eigenvalue weighted by Crippen LogP contribution is -2.03. The van der Waals surface area contributed by atoms with Crippen LogP contribution in [0.5, 0.6) is 5.75 Å². The Labute approximate surface area is 82.2 Å². The lowest BCUT2D eigenvalue weighted by atomic mass is 10.2. The van der Waals surface area contributed by atoms with Gasteiger partial charge >= 0.3 is 5.43 Å². The summed E-state index contributed by atoms with van der Waals surface area (Å²) < 4.78 is 42.6. The molecule has 6 heteroatoms. The van der Waals surface area contributed by atoms with Crippen LogP contribution in [0.4, 0.5) is 18.0 Å². The second kappa shape index (κ2) is 3.88. The molecule has 1 aromatic rings. The minimum Gasteiger partial charge on any atom is -0.411 e. The lowest BCUT2D eigenvalue weighted by Gasteiger charge is -2.05. The Morgan fingerprint density at radius 3 is 2.43 bits per heavy atom. The summed E-state index contributed by atoms with van der Waals surface area (Å²) in [5.74, 6) is -4.74. The van der Waals surface area contributed by atoms with Crippen LogP contribution < -0.4 is 4.74 Å². The molecule has 2 nitrogen and oxygen atoms in total. The van der Waals surface area contributed by atoms with E-state index in [2.05, 4.69) is 4.74 Å². The summed E-state index contributed by atoms with van der Waals surface area (Å²) >= 11 is 4.76. The largest absolute Gasteiger partial charge is 0.411 e. The number of ether oxygens (including phenoxy) is 1. The van der Waals surface area contributed by atoms with Gasteiger partial charge in [-0.2, -0.15) is 4.39 Å². The number of halogens is 4. The molecule has 14 heavy (non-hydrogen) atoms. The van der Waals surface area contributed by atoms with Gasteiger partial charge < -0.3 is 4.74 Å². The predicted molar refractivity (Wildman–Crippen MR) is 42.9 cm³/mol. The Bertz CT molecular complexity index is 393. The smallest absolute Gasteiger partial charge is 0.409 e. The maximum Gasteiger partial charge on any atom is 0.409 e. The minimum absolute atomic E-state index is 0.489. The molecule has 0 aliphatic heterocycles. The van der Waals surface area contributed by atoms with E-state index in [0.717, 1.165) is 6.92 Å². The number of carbonyl (C=O) groups is 1. The molecule has 0 bridgehead atoms. The Morgan fingerprint density at radius 1 is 1.36 bits per heavy atom. The first-order chi connectivity index (χ1) is 6.43. The van der Waals surface area contributed by atoms with Crippen molar-refractivity contribution in [3.8, 4) is 5.75 Å². The van der Waals surface area contributed by atoms with E-state index in [-0.39, 0.29) is 0 Å². The fourth-order valence-corrected chi connectivity index (χ4v) is 0.908. The Hall–Kier alpha value is -1.23. The van der Waals surface area contributed by atoms with E-state index in [0.29, 0.717) is 6.07 Å². The molecule has 0 aromatic heterocycles. The van der Waals surface area contributed by atoms with Gasteiger partial charge in [-0.25, -0.2) is 13.6 Å². The zero-order chi connectivity index (χ0) is 10.9. The standard InChI is InChI=1S/C8H4ClF3O2/c1-3-4(10)2-5(14-8(9)13)7(12)6(3)11/h2H,1H3. The van der Waals surface area contributed by atoms with E-state index in [1.54, 1.807) is 0 Å². The molecule has 0 aliphatic rings. The number of benzene rings is 1. The lowest BCUT2D eigenvalue weighted by molar-refractivity contribution is 0.222. The zero-order valence-electron chi connectivity index (χ0n) is 6.91. The van der Waals surface area contributed by atoms with Gasteiger partial charge in [0.05, 0.1) is 0 Å². The SMILES string of the molecule is Cc1c(F)cc(OC(=O)Cl)c(F)c1F. The Balaban J connectivity index is 3.25. The van der Waals surface area contributed by atoms with Gasteiger partial charge in [-0.1, -0.05) is 0 Å². The van der Waals surface area contributed by atoms with Crippen molar-refractivity contribution >= 4 is 17.0 Å². The highest BCUT2D eigenvalue weighted by atomic mass is 35.5. The molecule has 0 fully saturated rings. The number of hydrogen-bond donors (Lipinski definition) is 0. The topological polar surface area (TPSA) is 26.3 Å². The van der Waals surface area contributed by atoms with Crippen LogP contribution >= 0.6 is 11.6 Å². The van der Waals surface area contributed by atoms with E-state index in [4.69, 9.17) is 11.6 Å². The first kappa shape index (κ1) is 10.8. The van der Waals surface area contributed by atoms with Crippen LogP contribution in [-0.2, 0) is 0 Å². The Kier molecular flexibility index (Phi) is 3.00. The summed E-state index contributed by atoms with van der Waals surface area (Å²) in [6.07, 6.45) is 0. The maximum absolute atomic E-state index is 12.9. The van der Waals surface area contributed by atoms with Gasteiger partial charge in [0, 0.05) is 23.2 Å². The van der Waals surface area contributed by atoms with Crippen molar-refractivity contribution in [2.24, 2.45) is 0 Å². The molecular weight excluding hydrogens is 221 g/mol. The van der Waals surface area contributed by atoms with Crippen molar-refractivity contribution in [2.45, 2.75) is 6.92 Å². The molecule has 0 saturated carbocycles. The summed E-state index contributed by atoms with van der Waals surface area (Å²) in [6.45, 7) is 1.06. The summed E-state index contributed by atoms with van der Waals surface area (Å²) in [5.41, 5.74) is -1.86. The molecule has 0 spiro atoms. The molecule has 0 amide bonds. The van der Waals surface area contributed by atoms with E-state index < -0.39 is 34.2 Å². The van der Waals surface area contributed by atoms with Crippen LogP contribution in [0.25, 0.3) is 0 Å². The van der Waals surface area contributed by atoms with Gasteiger partial charge in [0.25, 0.3) is 0 Å². The van der Waals surface area contributed by atoms with Gasteiger partial charge in [0.15, 0.2) is 11.6 Å². The highest BCUT2D eigenvalue weighted by Crippen LogP contribution is 2.25. The van der Waals surface area contributed by atoms with Crippen LogP contribution in [0.3, 0.4) is 0 Å². The van der Waals surface area contributed by atoms with Gasteiger partial charge in [0.2, 0.25) is 5.82 Å². The predicted octanol–water partition coefficient (Wildman–Crippen LogP) is 3.15. The van der Waals surface area contributed by atoms with Gasteiger partial charge in [0.1, 0.15) is 5.82 Å². The number of hydrogen-bond acceptors (Lipinski definition) is 2. The van der Waals surface area contributed by atoms with Crippen LogP contribution in [0.2, 0.25) is 0 Å². The fraction of sp³-hybridized carbons (Fsp3) is 0.125. The van der Waals surface area contributed by atoms with Crippen LogP contribution in [-0.4, -0.2) is 5.43 Å². The van der Waals surface area contributed by atoms with Gasteiger partial charge in [-0.05, 0) is 6.92 Å². The summed E-state index contributed by atoms with van der Waals surface area (Å²) in [7, 11) is 0. The third-order valence-corrected chi connectivity index (χ3v) is 1.62. The van der Waals surface area contributed by atoms with E-state index in [1.165, 1.54) is 0 Å². The second-order valence-corrected chi connectivity index (χ2v) is 2.76. The van der Waals surface area contributed by atoms with Gasteiger partial charge in [-0.3, -0.25) is 0 Å². The van der Waals surface area contributed by atoms with Crippen LogP contribution in [0.1, 0.15) is 5.56 Å². The third-order valence-electron chi connectivity index (χ3n) is 1.54. The average Bonchev–Trinajstić information content (AvgIpc) is 2.10. The van der Waals surface area contributed by atoms with E-state index in [1.807, 2.05) is 0 Å². The van der Waals surface area contributed by atoms with E-state index in [9.17, 15) is 18.0 Å². The zero-order valence-corrected chi connectivity index (χ0v) is 7.66. The van der Waals surface area contributed by atoms with E-state index >= 15 is 0 Å². The molecule has 0 aliphatic carbocycles. The quantitative estimate of drug-likeness (QED) is 0.541. The van der Waals surface area contributed by atoms with Gasteiger partial charge in [-0.15, -0.1) is 0 Å². The first-order valence-electron chi connectivity index (χ1n) is 3.45. The molecule has 1 rings (SSSR count). The van der Waals surface area contributed by atoms with Crippen molar-refractivity contribution in [3.63, 3.8) is 0 Å². The first-order valence-corrected chi connectivity index (χ1v) is 3.82. The molecule has 1 aromatic carbocycles. The molecule has 0 atom stereocenters. The minimum atomic E-state index is -1.45. The second-order valence-electron chi connectivity index (χ2n) is 2.45. The van der Waals surface area contributed by atoms with Crippen LogP contribution in [0, 0.1) is 24.4 Å². The maximum atomic E-state index is 12.9. The fourth-order valence-electron chi connectivity index (χ4n) is 0.825. The van der Waals surface area contributed by atoms with Crippen molar-refractivity contribution in [1.29, 1.82) is 0 Å². The summed E-state index contributed by atoms with van der Waals surface area (Å²) in [5, 5.41) is 0. The number of rotatable bonds is 1. The highest BCUT2D eigenvalue weighted by Gasteiger charge is 2.18. The summed E-state index contributed by atoms with van der Waals surface area (Å²) in [4.78, 5) is 10.2. The molecule has 76 valence electrons. The highest BCUT2D eigenvalue weighted by molar-refractivity contribution is 6.61. The molecule has 0 heterocycles. The molecule has 0 unspecified atom stereocenters. The summed E-state index contributed by atoms with van der Waals surface area (Å²) in [6, 6.07) is 0.550. The molecular formula is C8H4ClF3O2. The Morgan fingerprint density at radius 2 is 1.93 bits per heavy atom. The number of carbonyl (C=O) groups excluding carboxylic acids is 1. The molecule has 0 saturated heterocycles. The third kappa shape index (κ3) is 1.98. The average molecular weight is 225 g/mol. The normalized spacial score (nSPS) is 10.1. The van der Waals surface area contributed by atoms with Crippen molar-refractivity contribution in [2.75, 3.05) is 0 Å². The van der Waals surface area contributed by atoms with Crippen LogP contribution in [0.15, 0.2) is 6.07 Å². The molecule has 0 N–H and O–H groups in total. The monoisotopic (exact) mass is 224 g/mol. The van der Waals surface area contributed by atoms with Crippen molar-refractivity contribution in [1.82, 2.24) is 0 Å². The van der Waals surface area contributed by atoms with Crippen molar-refractivity contribution in [3.05, 3.63) is 29.1 Å². The van der Waals surface area contributed by atoms with Crippen molar-refractivity contribution < 1.29 is 22.7 Å².